The monoisotopic (exact) mass is 510 g/mol. The van der Waals surface area contributed by atoms with Gasteiger partial charge in [0, 0.05) is 38.0 Å². The van der Waals surface area contributed by atoms with Crippen molar-refractivity contribution in [2.75, 3.05) is 39.0 Å². The SMILES string of the molecule is Cc1cc(C(=O)N2CCC3(CC2)CN(CC(F)F)CC(c2ccc(F)cc2)O3)ccc1S(C)(=O)=O. The third kappa shape index (κ3) is 5.87. The highest BCUT2D eigenvalue weighted by Gasteiger charge is 2.44. The molecule has 10 heteroatoms. The van der Waals surface area contributed by atoms with Crippen LogP contribution in [-0.4, -0.2) is 75.1 Å². The summed E-state index contributed by atoms with van der Waals surface area (Å²) in [5, 5.41) is 0. The smallest absolute Gasteiger partial charge is 0.253 e. The van der Waals surface area contributed by atoms with E-state index in [1.54, 1.807) is 34.9 Å². The molecule has 6 nitrogen and oxygen atoms in total. The van der Waals surface area contributed by atoms with Crippen molar-refractivity contribution in [3.8, 4) is 0 Å². The molecule has 2 aliphatic rings. The highest BCUT2D eigenvalue weighted by Crippen LogP contribution is 2.38. The van der Waals surface area contributed by atoms with Crippen LogP contribution in [0, 0.1) is 12.7 Å². The molecule has 0 radical (unpaired) electrons. The summed E-state index contributed by atoms with van der Waals surface area (Å²) in [6.07, 6.45) is -0.898. The molecule has 2 aromatic rings. The van der Waals surface area contributed by atoms with Gasteiger partial charge in [-0.3, -0.25) is 9.69 Å². The first-order valence-electron chi connectivity index (χ1n) is 11.5. The van der Waals surface area contributed by atoms with Crippen LogP contribution in [0.15, 0.2) is 47.4 Å². The number of likely N-dealkylation sites (tertiary alicyclic amines) is 1. The number of hydrogen-bond donors (Lipinski definition) is 0. The maximum atomic E-state index is 13.4. The van der Waals surface area contributed by atoms with Crippen LogP contribution in [0.1, 0.15) is 40.4 Å². The topological polar surface area (TPSA) is 66.9 Å². The number of ether oxygens (including phenoxy) is 1. The second kappa shape index (κ2) is 9.91. The third-order valence-corrected chi connectivity index (χ3v) is 8.01. The van der Waals surface area contributed by atoms with Gasteiger partial charge in [0.15, 0.2) is 9.84 Å². The molecule has 2 aromatic carbocycles. The zero-order chi connectivity index (χ0) is 25.4. The van der Waals surface area contributed by atoms with Crippen LogP contribution >= 0.6 is 0 Å². The summed E-state index contributed by atoms with van der Waals surface area (Å²) in [4.78, 5) is 16.7. The van der Waals surface area contributed by atoms with Gasteiger partial charge in [-0.05, 0) is 61.2 Å². The van der Waals surface area contributed by atoms with Gasteiger partial charge < -0.3 is 9.64 Å². The molecular weight excluding hydrogens is 481 g/mol. The first kappa shape index (κ1) is 25.7. The van der Waals surface area contributed by atoms with Gasteiger partial charge in [0.2, 0.25) is 0 Å². The summed E-state index contributed by atoms with van der Waals surface area (Å²) >= 11 is 0. The molecule has 35 heavy (non-hydrogen) atoms. The summed E-state index contributed by atoms with van der Waals surface area (Å²) in [5.41, 5.74) is 0.940. The Balaban J connectivity index is 1.49. The average Bonchev–Trinajstić information content (AvgIpc) is 2.78. The van der Waals surface area contributed by atoms with Gasteiger partial charge in [0.25, 0.3) is 12.3 Å². The fourth-order valence-corrected chi connectivity index (χ4v) is 6.00. The van der Waals surface area contributed by atoms with Crippen molar-refractivity contribution in [3.05, 3.63) is 65.0 Å². The van der Waals surface area contributed by atoms with E-state index in [1.807, 2.05) is 0 Å². The number of hydrogen-bond acceptors (Lipinski definition) is 5. The molecule has 1 atom stereocenters. The van der Waals surface area contributed by atoms with Crippen molar-refractivity contribution in [2.45, 2.75) is 42.8 Å². The van der Waals surface area contributed by atoms with Crippen molar-refractivity contribution in [1.82, 2.24) is 9.80 Å². The normalized spacial score (nSPS) is 21.0. The number of nitrogens with zero attached hydrogens (tertiary/aromatic N) is 2. The number of amides is 1. The van der Waals surface area contributed by atoms with Gasteiger partial charge in [-0.25, -0.2) is 21.6 Å². The molecule has 0 N–H and O–H groups in total. The zero-order valence-corrected chi connectivity index (χ0v) is 20.5. The maximum Gasteiger partial charge on any atom is 0.253 e. The molecule has 0 saturated carbocycles. The second-order valence-electron chi connectivity index (χ2n) is 9.47. The Morgan fingerprint density at radius 1 is 1.14 bits per heavy atom. The minimum Gasteiger partial charge on any atom is -0.364 e. The summed E-state index contributed by atoms with van der Waals surface area (Å²) in [6, 6.07) is 10.4. The number of carbonyl (C=O) groups excluding carboxylic acids is 1. The lowest BCUT2D eigenvalue weighted by Crippen LogP contribution is -2.58. The van der Waals surface area contributed by atoms with Crippen molar-refractivity contribution in [2.24, 2.45) is 0 Å². The van der Waals surface area contributed by atoms with Gasteiger partial charge in [-0.15, -0.1) is 0 Å². The molecule has 0 aliphatic carbocycles. The molecule has 0 aromatic heterocycles. The first-order valence-corrected chi connectivity index (χ1v) is 13.4. The van der Waals surface area contributed by atoms with E-state index >= 15 is 0 Å². The second-order valence-corrected chi connectivity index (χ2v) is 11.5. The Labute approximate surface area is 203 Å². The van der Waals surface area contributed by atoms with Crippen LogP contribution in [0.25, 0.3) is 0 Å². The quantitative estimate of drug-likeness (QED) is 0.612. The Morgan fingerprint density at radius 3 is 2.37 bits per heavy atom. The molecular formula is C25H29F3N2O4S. The fraction of sp³-hybridized carbons (Fsp3) is 0.480. The number of morpholine rings is 1. The van der Waals surface area contributed by atoms with E-state index in [1.165, 1.54) is 24.3 Å². The van der Waals surface area contributed by atoms with E-state index in [-0.39, 0.29) is 29.7 Å². The molecule has 2 saturated heterocycles. The fourth-order valence-electron chi connectivity index (χ4n) is 5.04. The molecule has 1 spiro atoms. The lowest BCUT2D eigenvalue weighted by molar-refractivity contribution is -0.180. The Hall–Kier alpha value is -2.43. The van der Waals surface area contributed by atoms with Crippen LogP contribution in [0.3, 0.4) is 0 Å². The molecule has 1 unspecified atom stereocenters. The number of halogens is 3. The lowest BCUT2D eigenvalue weighted by Gasteiger charge is -2.50. The van der Waals surface area contributed by atoms with Crippen LogP contribution < -0.4 is 0 Å². The van der Waals surface area contributed by atoms with Crippen molar-refractivity contribution in [3.63, 3.8) is 0 Å². The summed E-state index contributed by atoms with van der Waals surface area (Å²) in [5.74, 6) is -0.589. The van der Waals surface area contributed by atoms with Crippen molar-refractivity contribution < 1.29 is 31.1 Å². The number of rotatable bonds is 5. The van der Waals surface area contributed by atoms with Crippen LogP contribution in [0.2, 0.25) is 0 Å². The number of piperidine rings is 1. The summed E-state index contributed by atoms with van der Waals surface area (Å²) < 4.78 is 70.0. The largest absolute Gasteiger partial charge is 0.364 e. The minimum absolute atomic E-state index is 0.188. The summed E-state index contributed by atoms with van der Waals surface area (Å²) in [7, 11) is -3.38. The Kier molecular flexibility index (Phi) is 7.26. The predicted molar refractivity (Wildman–Crippen MR) is 125 cm³/mol. The van der Waals surface area contributed by atoms with Gasteiger partial charge in [-0.1, -0.05) is 12.1 Å². The molecule has 1 amide bonds. The highest BCUT2D eigenvalue weighted by molar-refractivity contribution is 7.90. The van der Waals surface area contributed by atoms with Gasteiger partial charge in [0.1, 0.15) is 5.82 Å². The summed E-state index contributed by atoms with van der Waals surface area (Å²) in [6.45, 7) is 2.65. The van der Waals surface area contributed by atoms with Crippen LogP contribution in [-0.2, 0) is 14.6 Å². The Morgan fingerprint density at radius 2 is 1.80 bits per heavy atom. The Bertz CT molecular complexity index is 1180. The molecule has 2 heterocycles. The molecule has 2 fully saturated rings. The van der Waals surface area contributed by atoms with Gasteiger partial charge in [0.05, 0.1) is 23.1 Å². The van der Waals surface area contributed by atoms with E-state index in [4.69, 9.17) is 4.74 Å². The van der Waals surface area contributed by atoms with E-state index in [0.29, 0.717) is 43.6 Å². The first-order chi connectivity index (χ1) is 16.5. The highest BCUT2D eigenvalue weighted by atomic mass is 32.2. The number of sulfone groups is 1. The molecule has 0 bridgehead atoms. The standard InChI is InChI=1S/C25H29F3N2O4S/c1-17-13-19(5-8-22(17)35(2,32)33)24(31)30-11-9-25(10-12-30)16-29(15-23(27)28)14-21(34-25)18-3-6-20(26)7-4-18/h3-8,13,21,23H,9-12,14-16H2,1-2H3. The van der Waals surface area contributed by atoms with Crippen molar-refractivity contribution in [1.29, 1.82) is 0 Å². The number of aryl methyl sites for hydroxylation is 1. The van der Waals surface area contributed by atoms with E-state index in [0.717, 1.165) is 11.8 Å². The lowest BCUT2D eigenvalue weighted by atomic mass is 9.87. The van der Waals surface area contributed by atoms with Crippen LogP contribution in [0.5, 0.6) is 0 Å². The number of benzene rings is 2. The maximum absolute atomic E-state index is 13.4. The zero-order valence-electron chi connectivity index (χ0n) is 19.7. The van der Waals surface area contributed by atoms with E-state index < -0.39 is 28.0 Å². The van der Waals surface area contributed by atoms with E-state index in [2.05, 4.69) is 0 Å². The molecule has 190 valence electrons. The third-order valence-electron chi connectivity index (χ3n) is 6.75. The molecule has 2 aliphatic heterocycles. The number of alkyl halides is 2. The van der Waals surface area contributed by atoms with Crippen molar-refractivity contribution >= 4 is 15.7 Å². The minimum atomic E-state index is -3.38. The number of carbonyl (C=O) groups is 1. The molecule has 4 rings (SSSR count). The van der Waals surface area contributed by atoms with E-state index in [9.17, 15) is 26.4 Å². The van der Waals surface area contributed by atoms with Crippen LogP contribution in [0.4, 0.5) is 13.2 Å². The predicted octanol–water partition coefficient (Wildman–Crippen LogP) is 3.85. The average molecular weight is 511 g/mol. The van der Waals surface area contributed by atoms with Gasteiger partial charge >= 0.3 is 0 Å². The van der Waals surface area contributed by atoms with Gasteiger partial charge in [-0.2, -0.15) is 0 Å².